The Kier molecular flexibility index (Phi) is 6.84. The number of aliphatic carboxylic acids is 1. The molecule has 0 bridgehead atoms. The summed E-state index contributed by atoms with van der Waals surface area (Å²) in [7, 11) is 2.97. The van der Waals surface area contributed by atoms with Crippen LogP contribution in [-0.4, -0.2) is 40.8 Å². The summed E-state index contributed by atoms with van der Waals surface area (Å²) in [5.74, 6) is -0.0959. The van der Waals surface area contributed by atoms with Crippen molar-refractivity contribution in [3.05, 3.63) is 66.1 Å². The average Bonchev–Trinajstić information content (AvgIpc) is 3.60. The van der Waals surface area contributed by atoms with Crippen LogP contribution in [0.25, 0.3) is 22.4 Å². The first kappa shape index (κ1) is 25.4. The highest BCUT2D eigenvalue weighted by Gasteiger charge is 2.38. The molecule has 2 N–H and O–H groups in total. The number of benzene rings is 2. The fourth-order valence-electron chi connectivity index (χ4n) is 5.24. The number of fused-ring (bicyclic) bond motifs is 1. The molecule has 1 fully saturated rings. The summed E-state index contributed by atoms with van der Waals surface area (Å²) in [5, 5.41) is 12.8. The number of ether oxygens (including phenoxy) is 2. The fraction of sp³-hybridized carbons (Fsp3) is 0.345. The maximum Gasteiger partial charge on any atom is 0.333 e. The van der Waals surface area contributed by atoms with Crippen LogP contribution in [0, 0.1) is 0 Å². The Morgan fingerprint density at radius 3 is 2.47 bits per heavy atom. The quantitative estimate of drug-likeness (QED) is 0.315. The number of nitrogens with one attached hydrogen (secondary N) is 1. The predicted molar refractivity (Wildman–Crippen MR) is 142 cm³/mol. The zero-order valence-corrected chi connectivity index (χ0v) is 21.7. The molecule has 1 saturated carbocycles. The molecule has 0 saturated heterocycles. The fourth-order valence-corrected chi connectivity index (χ4v) is 5.24. The molecule has 9 nitrogen and oxygen atoms in total. The number of methoxy groups -OCH3 is 2. The third-order valence-corrected chi connectivity index (χ3v) is 7.42. The molecular weight excluding hydrogens is 486 g/mol. The predicted octanol–water partition coefficient (Wildman–Crippen LogP) is 5.55. The number of amides is 1. The van der Waals surface area contributed by atoms with Crippen LogP contribution in [0.4, 0.5) is 0 Å². The second-order valence-electron chi connectivity index (χ2n) is 9.77. The van der Waals surface area contributed by atoms with Gasteiger partial charge in [0.25, 0.3) is 5.91 Å². The number of carboxylic acids is 1. The van der Waals surface area contributed by atoms with Crippen LogP contribution in [0.2, 0.25) is 0 Å². The molecule has 1 aliphatic rings. The van der Waals surface area contributed by atoms with E-state index in [1.165, 1.54) is 40.4 Å². The molecule has 38 heavy (non-hydrogen) atoms. The van der Waals surface area contributed by atoms with Gasteiger partial charge in [0.05, 0.1) is 37.1 Å². The van der Waals surface area contributed by atoms with E-state index in [0.717, 1.165) is 29.7 Å². The Labute approximate surface area is 220 Å². The number of aromatic nitrogens is 2. The van der Waals surface area contributed by atoms with Gasteiger partial charge in [-0.05, 0) is 61.7 Å². The number of carboxylic acid groups (broad SMARTS) is 1. The van der Waals surface area contributed by atoms with Crippen molar-refractivity contribution in [3.63, 3.8) is 0 Å². The van der Waals surface area contributed by atoms with Crippen LogP contribution < -0.4 is 14.8 Å². The third kappa shape index (κ3) is 4.49. The van der Waals surface area contributed by atoms with E-state index >= 15 is 0 Å². The molecule has 198 valence electrons. The zero-order valence-electron chi connectivity index (χ0n) is 21.7. The molecule has 1 amide bonds. The molecule has 4 aromatic rings. The first-order valence-electron chi connectivity index (χ1n) is 12.7. The molecule has 5 rings (SSSR count). The van der Waals surface area contributed by atoms with E-state index in [-0.39, 0.29) is 0 Å². The van der Waals surface area contributed by atoms with Gasteiger partial charge in [-0.15, -0.1) is 0 Å². The Morgan fingerprint density at radius 1 is 1.05 bits per heavy atom. The Hall–Kier alpha value is -4.27. The van der Waals surface area contributed by atoms with Crippen LogP contribution in [0.15, 0.2) is 59.4 Å². The van der Waals surface area contributed by atoms with E-state index in [9.17, 15) is 14.7 Å². The van der Waals surface area contributed by atoms with E-state index in [1.54, 1.807) is 42.9 Å². The first-order chi connectivity index (χ1) is 18.4. The topological polar surface area (TPSA) is 116 Å². The van der Waals surface area contributed by atoms with Crippen molar-refractivity contribution in [1.29, 1.82) is 0 Å². The Morgan fingerprint density at radius 2 is 1.82 bits per heavy atom. The molecule has 1 unspecified atom stereocenters. The second kappa shape index (κ2) is 10.2. The minimum atomic E-state index is -1.71. The molecule has 2 aromatic carbocycles. The van der Waals surface area contributed by atoms with Crippen LogP contribution in [0.1, 0.15) is 61.0 Å². The molecule has 0 radical (unpaired) electrons. The Bertz CT molecular complexity index is 1470. The SMILES string of the molecule is COc1ccc(C(C)(NC(=O)c2ccc3c(c2)nc(-c2ccoc2)n3C2CCCCC2)C(=O)O)cc1OC. The van der Waals surface area contributed by atoms with E-state index in [0.29, 0.717) is 34.2 Å². The molecular formula is C29H31N3O6. The lowest BCUT2D eigenvalue weighted by molar-refractivity contribution is -0.144. The normalized spacial score (nSPS) is 15.7. The number of nitrogens with zero attached hydrogens (tertiary/aromatic N) is 2. The molecule has 2 heterocycles. The summed E-state index contributed by atoms with van der Waals surface area (Å²) < 4.78 is 18.2. The van der Waals surface area contributed by atoms with Crippen molar-refractivity contribution < 1.29 is 28.6 Å². The van der Waals surface area contributed by atoms with Crippen molar-refractivity contribution in [1.82, 2.24) is 14.9 Å². The standard InChI is InChI=1S/C29H31N3O6/c1-29(28(34)35,20-10-12-24(36-2)25(16-20)37-3)31-27(33)18-9-11-23-22(15-18)30-26(19-13-14-38-17-19)32(23)21-7-5-4-6-8-21/h9-17,21H,4-8H2,1-3H3,(H,31,33)(H,34,35). The smallest absolute Gasteiger partial charge is 0.333 e. The van der Waals surface area contributed by atoms with Gasteiger partial charge in [-0.25, -0.2) is 9.78 Å². The minimum Gasteiger partial charge on any atom is -0.493 e. The van der Waals surface area contributed by atoms with Gasteiger partial charge in [0, 0.05) is 11.6 Å². The maximum absolute atomic E-state index is 13.4. The monoisotopic (exact) mass is 517 g/mol. The van der Waals surface area contributed by atoms with E-state index in [4.69, 9.17) is 18.9 Å². The van der Waals surface area contributed by atoms with E-state index in [2.05, 4.69) is 9.88 Å². The summed E-state index contributed by atoms with van der Waals surface area (Å²) in [6, 6.07) is 12.3. The number of rotatable bonds is 8. The number of hydrogen-bond acceptors (Lipinski definition) is 6. The molecule has 0 spiro atoms. The summed E-state index contributed by atoms with van der Waals surface area (Å²) >= 11 is 0. The van der Waals surface area contributed by atoms with Crippen LogP contribution in [0.3, 0.4) is 0 Å². The summed E-state index contributed by atoms with van der Waals surface area (Å²) in [6.07, 6.45) is 9.01. The van der Waals surface area contributed by atoms with Crippen molar-refractivity contribution in [3.8, 4) is 22.9 Å². The summed E-state index contributed by atoms with van der Waals surface area (Å²) in [4.78, 5) is 30.7. The van der Waals surface area contributed by atoms with Gasteiger partial charge < -0.3 is 28.9 Å². The van der Waals surface area contributed by atoms with E-state index < -0.39 is 17.4 Å². The minimum absolute atomic E-state index is 0.317. The lowest BCUT2D eigenvalue weighted by Gasteiger charge is -2.27. The lowest BCUT2D eigenvalue weighted by Crippen LogP contribution is -2.49. The van der Waals surface area contributed by atoms with Gasteiger partial charge in [-0.2, -0.15) is 0 Å². The number of carbonyl (C=O) groups excluding carboxylic acids is 1. The summed E-state index contributed by atoms with van der Waals surface area (Å²) in [5.41, 5.74) is 1.44. The van der Waals surface area contributed by atoms with Crippen molar-refractivity contribution in [2.24, 2.45) is 0 Å². The van der Waals surface area contributed by atoms with Crippen molar-refractivity contribution in [2.75, 3.05) is 14.2 Å². The van der Waals surface area contributed by atoms with Gasteiger partial charge >= 0.3 is 5.97 Å². The highest BCUT2D eigenvalue weighted by Crippen LogP contribution is 2.37. The number of carbonyl (C=O) groups is 2. The van der Waals surface area contributed by atoms with Crippen molar-refractivity contribution in [2.45, 2.75) is 50.6 Å². The van der Waals surface area contributed by atoms with Crippen LogP contribution in [0.5, 0.6) is 11.5 Å². The number of imidazole rings is 1. The van der Waals surface area contributed by atoms with Gasteiger partial charge in [-0.3, -0.25) is 4.79 Å². The summed E-state index contributed by atoms with van der Waals surface area (Å²) in [6.45, 7) is 1.45. The third-order valence-electron chi connectivity index (χ3n) is 7.42. The van der Waals surface area contributed by atoms with Crippen LogP contribution in [-0.2, 0) is 10.3 Å². The molecule has 1 aliphatic carbocycles. The maximum atomic E-state index is 13.4. The van der Waals surface area contributed by atoms with Gasteiger partial charge in [0.2, 0.25) is 0 Å². The zero-order chi connectivity index (χ0) is 26.9. The molecule has 9 heteroatoms. The highest BCUT2D eigenvalue weighted by atomic mass is 16.5. The van der Waals surface area contributed by atoms with Crippen molar-refractivity contribution >= 4 is 22.9 Å². The molecule has 0 aliphatic heterocycles. The first-order valence-corrected chi connectivity index (χ1v) is 12.7. The van der Waals surface area contributed by atoms with E-state index in [1.807, 2.05) is 12.1 Å². The molecule has 2 aromatic heterocycles. The van der Waals surface area contributed by atoms with Gasteiger partial charge in [-0.1, -0.05) is 25.3 Å². The molecule has 1 atom stereocenters. The van der Waals surface area contributed by atoms with Gasteiger partial charge in [0.15, 0.2) is 17.0 Å². The average molecular weight is 518 g/mol. The van der Waals surface area contributed by atoms with Crippen LogP contribution >= 0.6 is 0 Å². The number of furan rings is 1. The second-order valence-corrected chi connectivity index (χ2v) is 9.77. The largest absolute Gasteiger partial charge is 0.493 e. The van der Waals surface area contributed by atoms with Gasteiger partial charge in [0.1, 0.15) is 12.1 Å². The highest BCUT2D eigenvalue weighted by molar-refractivity contribution is 6.00. The lowest BCUT2D eigenvalue weighted by atomic mass is 9.91. The Balaban J connectivity index is 1.51. The number of hydrogen-bond donors (Lipinski definition) is 2.